The highest BCUT2D eigenvalue weighted by Gasteiger charge is 2.43. The number of hydrogen-bond donors (Lipinski definition) is 3. The van der Waals surface area contributed by atoms with E-state index in [0.717, 1.165) is 47.2 Å². The zero-order chi connectivity index (χ0) is 29.4. The molecule has 1 aliphatic rings. The summed E-state index contributed by atoms with van der Waals surface area (Å²) in [6, 6.07) is 21.4. The van der Waals surface area contributed by atoms with Crippen LogP contribution < -0.4 is 10.6 Å². The van der Waals surface area contributed by atoms with Crippen molar-refractivity contribution in [3.63, 3.8) is 0 Å². The van der Waals surface area contributed by atoms with Crippen molar-refractivity contribution in [1.29, 1.82) is 0 Å². The van der Waals surface area contributed by atoms with Crippen molar-refractivity contribution in [2.24, 2.45) is 5.92 Å². The second kappa shape index (κ2) is 14.0. The Balaban J connectivity index is 1.67. The van der Waals surface area contributed by atoms with E-state index in [1.54, 1.807) is 0 Å². The van der Waals surface area contributed by atoms with Crippen molar-refractivity contribution in [2.75, 3.05) is 33.8 Å². The van der Waals surface area contributed by atoms with Gasteiger partial charge in [0.25, 0.3) is 5.91 Å². The van der Waals surface area contributed by atoms with E-state index in [1.807, 2.05) is 79.5 Å². The first kappa shape index (κ1) is 30.6. The van der Waals surface area contributed by atoms with Gasteiger partial charge in [-0.3, -0.25) is 4.79 Å². The second-order valence-corrected chi connectivity index (χ2v) is 11.2. The first-order chi connectivity index (χ1) is 19.8. The van der Waals surface area contributed by atoms with Gasteiger partial charge < -0.3 is 25.4 Å². The van der Waals surface area contributed by atoms with E-state index in [9.17, 15) is 14.7 Å². The minimum absolute atomic E-state index is 0.0367. The van der Waals surface area contributed by atoms with Crippen LogP contribution in [0.25, 0.3) is 11.1 Å². The van der Waals surface area contributed by atoms with Crippen LogP contribution in [0.1, 0.15) is 52.7 Å². The number of likely N-dealkylation sites (tertiary alicyclic amines) is 1. The second-order valence-electron chi connectivity index (χ2n) is 10.8. The van der Waals surface area contributed by atoms with E-state index in [1.165, 1.54) is 7.11 Å². The van der Waals surface area contributed by atoms with Crippen LogP contribution in [-0.2, 0) is 16.9 Å². The van der Waals surface area contributed by atoms with Gasteiger partial charge in [0, 0.05) is 48.2 Å². The SMILES string of the molecule is CNCc1ccc(C(=O)N2CCCC(C(O)(CCCNC(=O)OC)c3cccc(Cl)c3-c3cccc(C)c3)C2)cc1. The molecule has 0 radical (unpaired) electrons. The molecule has 0 aromatic heterocycles. The molecule has 2 atom stereocenters. The van der Waals surface area contributed by atoms with Crippen LogP contribution in [-0.4, -0.2) is 55.8 Å². The molecule has 0 bridgehead atoms. The van der Waals surface area contributed by atoms with Gasteiger partial charge in [0.05, 0.1) is 12.7 Å². The molecule has 4 rings (SSSR count). The lowest BCUT2D eigenvalue weighted by Crippen LogP contribution is -2.48. The Morgan fingerprint density at radius 2 is 1.88 bits per heavy atom. The molecule has 3 aromatic carbocycles. The zero-order valence-electron chi connectivity index (χ0n) is 24.1. The number of benzene rings is 3. The standard InChI is InChI=1S/C33H40ClN3O4/c1-23-8-4-9-26(20-23)30-28(11-5-12-29(30)34)33(40,17-7-18-36-32(39)41-3)27-10-6-19-37(22-27)31(38)25-15-13-24(14-16-25)21-35-2/h4-5,8-9,11-16,20,27,35,40H,6-7,10,17-19,21-22H2,1-3H3,(H,36,39). The van der Waals surface area contributed by atoms with Gasteiger partial charge >= 0.3 is 6.09 Å². The molecule has 1 saturated heterocycles. The Hall–Kier alpha value is -3.39. The first-order valence-electron chi connectivity index (χ1n) is 14.2. The Labute approximate surface area is 247 Å². The topological polar surface area (TPSA) is 90.9 Å². The maximum absolute atomic E-state index is 13.6. The zero-order valence-corrected chi connectivity index (χ0v) is 24.8. The highest BCUT2D eigenvalue weighted by Crippen LogP contribution is 2.45. The number of methoxy groups -OCH3 is 1. The van der Waals surface area contributed by atoms with Crippen LogP contribution in [0.3, 0.4) is 0 Å². The molecule has 1 fully saturated rings. The third-order valence-corrected chi connectivity index (χ3v) is 8.26. The Bertz CT molecular complexity index is 1350. The van der Waals surface area contributed by atoms with Crippen molar-refractivity contribution < 1.29 is 19.4 Å². The van der Waals surface area contributed by atoms with Crippen molar-refractivity contribution in [3.05, 3.63) is 94.0 Å². The molecule has 3 aromatic rings. The van der Waals surface area contributed by atoms with Crippen molar-refractivity contribution in [2.45, 2.75) is 44.8 Å². The van der Waals surface area contributed by atoms with Crippen molar-refractivity contribution >= 4 is 23.6 Å². The van der Waals surface area contributed by atoms with Gasteiger partial charge in [-0.25, -0.2) is 4.79 Å². The van der Waals surface area contributed by atoms with Crippen LogP contribution in [0.5, 0.6) is 0 Å². The highest BCUT2D eigenvalue weighted by atomic mass is 35.5. The molecule has 0 aliphatic carbocycles. The van der Waals surface area contributed by atoms with E-state index < -0.39 is 11.7 Å². The van der Waals surface area contributed by atoms with Crippen molar-refractivity contribution in [3.8, 4) is 11.1 Å². The highest BCUT2D eigenvalue weighted by molar-refractivity contribution is 6.33. The molecule has 8 heteroatoms. The molecular formula is C33H40ClN3O4. The number of nitrogens with zero attached hydrogens (tertiary/aromatic N) is 1. The van der Waals surface area contributed by atoms with E-state index in [2.05, 4.69) is 16.7 Å². The number of carbonyl (C=O) groups excluding carboxylic acids is 2. The lowest BCUT2D eigenvalue weighted by Gasteiger charge is -2.44. The molecule has 2 unspecified atom stereocenters. The summed E-state index contributed by atoms with van der Waals surface area (Å²) >= 11 is 6.82. The largest absolute Gasteiger partial charge is 0.453 e. The number of piperidine rings is 1. The molecule has 3 N–H and O–H groups in total. The number of aliphatic hydroxyl groups is 1. The summed E-state index contributed by atoms with van der Waals surface area (Å²) in [5, 5.41) is 19.1. The van der Waals surface area contributed by atoms with Gasteiger partial charge in [0.1, 0.15) is 0 Å². The minimum atomic E-state index is -1.29. The number of alkyl carbamates (subject to hydrolysis) is 1. The summed E-state index contributed by atoms with van der Waals surface area (Å²) in [5.41, 5.74) is 4.02. The summed E-state index contributed by atoms with van der Waals surface area (Å²) in [4.78, 5) is 27.1. The Morgan fingerprint density at radius 1 is 1.12 bits per heavy atom. The molecule has 1 aliphatic heterocycles. The molecule has 218 valence electrons. The van der Waals surface area contributed by atoms with Gasteiger partial charge in [-0.2, -0.15) is 0 Å². The molecule has 41 heavy (non-hydrogen) atoms. The lowest BCUT2D eigenvalue weighted by molar-refractivity contribution is -0.0563. The summed E-state index contributed by atoms with van der Waals surface area (Å²) in [6.07, 6.45) is 1.92. The smallest absolute Gasteiger partial charge is 0.406 e. The summed E-state index contributed by atoms with van der Waals surface area (Å²) < 4.78 is 4.71. The van der Waals surface area contributed by atoms with E-state index in [4.69, 9.17) is 16.3 Å². The first-order valence-corrected chi connectivity index (χ1v) is 14.6. The summed E-state index contributed by atoms with van der Waals surface area (Å²) in [6.45, 7) is 4.16. The Morgan fingerprint density at radius 3 is 2.59 bits per heavy atom. The normalized spacial score (nSPS) is 16.6. The number of rotatable bonds is 10. The molecule has 0 spiro atoms. The average molecular weight is 578 g/mol. The number of aryl methyl sites for hydroxylation is 1. The number of carbonyl (C=O) groups is 2. The van der Waals surface area contributed by atoms with E-state index in [0.29, 0.717) is 43.1 Å². The molecule has 7 nitrogen and oxygen atoms in total. The van der Waals surface area contributed by atoms with Crippen LogP contribution in [0, 0.1) is 12.8 Å². The Kier molecular flexibility index (Phi) is 10.4. The molecule has 2 amide bonds. The van der Waals surface area contributed by atoms with Gasteiger partial charge in [0.2, 0.25) is 0 Å². The van der Waals surface area contributed by atoms with Gasteiger partial charge in [0.15, 0.2) is 0 Å². The third-order valence-electron chi connectivity index (χ3n) is 7.94. The van der Waals surface area contributed by atoms with Crippen LogP contribution in [0.4, 0.5) is 4.79 Å². The number of hydrogen-bond acceptors (Lipinski definition) is 5. The quantitative estimate of drug-likeness (QED) is 0.261. The third kappa shape index (κ3) is 7.28. The minimum Gasteiger partial charge on any atom is -0.453 e. The number of ether oxygens (including phenoxy) is 1. The summed E-state index contributed by atoms with van der Waals surface area (Å²) in [7, 11) is 3.22. The van der Waals surface area contributed by atoms with Gasteiger partial charge in [-0.05, 0) is 74.5 Å². The lowest BCUT2D eigenvalue weighted by atomic mass is 9.72. The molecule has 1 heterocycles. The number of nitrogens with one attached hydrogen (secondary N) is 2. The van der Waals surface area contributed by atoms with Crippen molar-refractivity contribution in [1.82, 2.24) is 15.5 Å². The average Bonchev–Trinajstić information content (AvgIpc) is 2.99. The fraction of sp³-hybridized carbons (Fsp3) is 0.394. The maximum Gasteiger partial charge on any atom is 0.406 e. The number of halogens is 1. The van der Waals surface area contributed by atoms with Gasteiger partial charge in [-0.15, -0.1) is 0 Å². The monoisotopic (exact) mass is 577 g/mol. The maximum atomic E-state index is 13.6. The molecule has 0 saturated carbocycles. The predicted octanol–water partition coefficient (Wildman–Crippen LogP) is 5.91. The number of amides is 2. The van der Waals surface area contributed by atoms with Crippen LogP contribution in [0.2, 0.25) is 5.02 Å². The fourth-order valence-corrected chi connectivity index (χ4v) is 6.15. The van der Waals surface area contributed by atoms with E-state index >= 15 is 0 Å². The predicted molar refractivity (Wildman–Crippen MR) is 163 cm³/mol. The molecular weight excluding hydrogens is 538 g/mol. The van der Waals surface area contributed by atoms with Gasteiger partial charge in [-0.1, -0.05) is 65.7 Å². The van der Waals surface area contributed by atoms with Crippen LogP contribution >= 0.6 is 11.6 Å². The van der Waals surface area contributed by atoms with E-state index in [-0.39, 0.29) is 11.8 Å². The fourth-order valence-electron chi connectivity index (χ4n) is 5.86. The van der Waals surface area contributed by atoms with Crippen LogP contribution in [0.15, 0.2) is 66.7 Å². The summed E-state index contributed by atoms with van der Waals surface area (Å²) in [5.74, 6) is -0.269.